The van der Waals surface area contributed by atoms with Gasteiger partial charge in [0.25, 0.3) is 0 Å². The molecule has 4 atom stereocenters. The molecule has 4 unspecified atom stereocenters. The molecular formula is C11H17Cl2N6O7Pt-. The molecule has 0 radical (unpaired) electrons. The number of imidazole rings is 1. The first-order valence-electron chi connectivity index (χ1n) is 6.40. The van der Waals surface area contributed by atoms with E-state index < -0.39 is 47.6 Å². The Morgan fingerprint density at radius 1 is 1.37 bits per heavy atom. The fourth-order valence-corrected chi connectivity index (χ4v) is 2.26. The first kappa shape index (κ1) is 28.1. The maximum Gasteiger partial charge on any atom is -0.693 e. The van der Waals surface area contributed by atoms with Crippen LogP contribution in [0, 0.1) is 10.1 Å². The van der Waals surface area contributed by atoms with E-state index in [1.807, 2.05) is 0 Å². The zero-order valence-electron chi connectivity index (χ0n) is 13.3. The number of aliphatic hydroxyl groups is 3. The van der Waals surface area contributed by atoms with Crippen LogP contribution in [0.25, 0.3) is 23.5 Å². The molecule has 0 bridgehead atoms. The molecule has 16 heteroatoms. The van der Waals surface area contributed by atoms with Gasteiger partial charge in [0.1, 0.15) is 24.0 Å². The number of nitrogens with two attached hydrogens (primary N) is 2. The van der Waals surface area contributed by atoms with Crippen molar-refractivity contribution in [3.05, 3.63) is 51.2 Å². The Hall–Kier alpha value is -1.15. The number of aromatic amines is 1. The Balaban J connectivity index is 0. The Labute approximate surface area is 168 Å². The van der Waals surface area contributed by atoms with Crippen LogP contribution >= 0.6 is 18.8 Å². The van der Waals surface area contributed by atoms with Crippen molar-refractivity contribution in [1.82, 2.24) is 14.5 Å². The largest absolute Gasteiger partial charge is 0.693 e. The molecule has 158 valence electrons. The average Bonchev–Trinajstić information content (AvgIpc) is 3.12. The van der Waals surface area contributed by atoms with E-state index in [0.29, 0.717) is 5.65 Å². The molecule has 1 fully saturated rings. The van der Waals surface area contributed by atoms with Crippen LogP contribution in [0.3, 0.4) is 0 Å². The first-order valence-corrected chi connectivity index (χ1v) is 12.0. The van der Waals surface area contributed by atoms with Crippen LogP contribution in [-0.2, 0) is 21.2 Å². The van der Waals surface area contributed by atoms with Gasteiger partial charge in [-0.25, -0.2) is 4.98 Å². The minimum atomic E-state index is -1.21. The molecule has 3 heterocycles. The van der Waals surface area contributed by atoms with Gasteiger partial charge in [-0.2, -0.15) is 0 Å². The van der Waals surface area contributed by atoms with Crippen LogP contribution in [0.4, 0.5) is 0 Å². The Morgan fingerprint density at radius 2 is 1.93 bits per heavy atom. The van der Waals surface area contributed by atoms with Crippen molar-refractivity contribution in [3.63, 3.8) is 0 Å². The molecule has 0 aromatic carbocycles. The van der Waals surface area contributed by atoms with E-state index >= 15 is 0 Å². The Bertz CT molecular complexity index is 735. The second-order valence-corrected chi connectivity index (χ2v) is 7.82. The summed E-state index contributed by atoms with van der Waals surface area (Å²) in [5, 5.41) is 37.7. The molecule has 2 aromatic heterocycles. The molecule has 3 rings (SSSR count). The van der Waals surface area contributed by atoms with Crippen molar-refractivity contribution in [2.24, 2.45) is 5.34 Å². The normalized spacial score (nSPS) is 23.1. The van der Waals surface area contributed by atoms with E-state index in [9.17, 15) is 15.0 Å². The third kappa shape index (κ3) is 6.75. The van der Waals surface area contributed by atoms with Crippen LogP contribution in [0.5, 0.6) is 0 Å². The molecule has 0 spiro atoms. The van der Waals surface area contributed by atoms with Gasteiger partial charge in [-0.3, -0.25) is 9.36 Å². The van der Waals surface area contributed by atoms with Gasteiger partial charge in [-0.05, 0) is 0 Å². The van der Waals surface area contributed by atoms with Crippen LogP contribution in [0.1, 0.15) is 6.23 Å². The van der Waals surface area contributed by atoms with Crippen molar-refractivity contribution in [2.75, 3.05) is 6.61 Å². The summed E-state index contributed by atoms with van der Waals surface area (Å²) in [4.78, 5) is 26.4. The third-order valence-electron chi connectivity index (χ3n) is 3.27. The fraction of sp³-hybridized carbons (Fsp3) is 0.455. The monoisotopic (exact) mass is 610 g/mol. The predicted molar refractivity (Wildman–Crippen MR) is 94.8 cm³/mol. The standard InChI is InChI=1S/C11H13N3O5.2ClH.HNO2.2H2N.Pt/c15-3-6-8(17)9(18)11(19-6)14-4-13-7-5(16)1-2-12-10(7)14;;;2-1-3;;;/h1-2,4,6,8-9,11,15,17-18H,3H2,(H,12,16);2*1H;(H,2,3);2*1H2;/q;;;;2*-1;+4/p-3. The Kier molecular flexibility index (Phi) is 14.5. The van der Waals surface area contributed by atoms with Gasteiger partial charge in [0.15, 0.2) is 11.7 Å². The number of nitrogens with zero attached hydrogens (tertiary/aromatic N) is 3. The number of hydrogen-bond acceptors (Lipinski definition) is 9. The number of halogens is 2. The number of rotatable bonds is 2. The summed E-state index contributed by atoms with van der Waals surface area (Å²) in [7, 11) is 9.75. The Morgan fingerprint density at radius 3 is 2.41 bits per heavy atom. The predicted octanol–water partition coefficient (Wildman–Crippen LogP) is 1.40. The molecular weight excluding hydrogens is 594 g/mol. The van der Waals surface area contributed by atoms with E-state index in [0.717, 1.165) is 5.34 Å². The van der Waals surface area contributed by atoms with E-state index in [1.54, 1.807) is 0 Å². The van der Waals surface area contributed by atoms with E-state index in [4.69, 9.17) is 38.8 Å². The number of H-pyrrole nitrogens is 1. The fourth-order valence-electron chi connectivity index (χ4n) is 2.26. The minimum absolute atomic E-state index is 0. The summed E-state index contributed by atoms with van der Waals surface area (Å²) in [6.45, 7) is -0.405. The van der Waals surface area contributed by atoms with Crippen LogP contribution < -0.4 is 5.43 Å². The van der Waals surface area contributed by atoms with Gasteiger partial charge >= 0.3 is 35.3 Å². The molecule has 0 aliphatic carbocycles. The van der Waals surface area contributed by atoms with Gasteiger partial charge in [0.05, 0.1) is 12.9 Å². The van der Waals surface area contributed by atoms with Gasteiger partial charge in [0.2, 0.25) is 5.43 Å². The van der Waals surface area contributed by atoms with Gasteiger partial charge in [-0.15, -0.1) is 5.34 Å². The molecule has 1 aliphatic heterocycles. The summed E-state index contributed by atoms with van der Waals surface area (Å²) in [6.07, 6.45) is -1.36. The van der Waals surface area contributed by atoms with Crippen molar-refractivity contribution in [2.45, 2.75) is 24.5 Å². The maximum atomic E-state index is 11.6. The first-order chi connectivity index (χ1) is 12.0. The van der Waals surface area contributed by atoms with Gasteiger partial charge in [0, 0.05) is 12.3 Å². The second kappa shape index (κ2) is 13.9. The molecule has 1 saturated heterocycles. The summed E-state index contributed by atoms with van der Waals surface area (Å²) >= 11 is -0.472. The van der Waals surface area contributed by atoms with Gasteiger partial charge in [-0.1, -0.05) is 0 Å². The number of fused-ring (bicyclic) bond motifs is 1. The SMILES string of the molecule is O=N[O-].O=c1cc[nH]c2c1ncn2C1OC(CO)C(O)C1O.[Cl][Pt+2][Cl].[NH2-].[NH2-]. The topological polar surface area (TPSA) is 240 Å². The maximum absolute atomic E-state index is 11.6. The number of aromatic nitrogens is 3. The molecule has 2 aromatic rings. The van der Waals surface area contributed by atoms with Crippen LogP contribution in [-0.4, -0.2) is 54.8 Å². The summed E-state index contributed by atoms with van der Waals surface area (Å²) in [5.74, 6) is 0. The van der Waals surface area contributed by atoms with Gasteiger partial charge < -0.3 is 47.5 Å². The molecule has 1 aliphatic rings. The number of aliphatic hydroxyl groups excluding tert-OH is 3. The minimum Gasteiger partial charge on any atom is -0.693 e. The van der Waals surface area contributed by atoms with Crippen molar-refractivity contribution < 1.29 is 36.5 Å². The summed E-state index contributed by atoms with van der Waals surface area (Å²) < 4.78 is 6.81. The van der Waals surface area contributed by atoms with Crippen molar-refractivity contribution in [3.8, 4) is 0 Å². The van der Waals surface area contributed by atoms with E-state index in [1.165, 1.54) is 23.2 Å². The number of pyridine rings is 1. The molecule has 0 saturated carbocycles. The van der Waals surface area contributed by atoms with E-state index in [2.05, 4.69) is 9.97 Å². The zero-order valence-corrected chi connectivity index (χ0v) is 17.1. The average molecular weight is 611 g/mol. The van der Waals surface area contributed by atoms with E-state index in [-0.39, 0.29) is 23.2 Å². The number of hydrogen-bond donors (Lipinski definition) is 4. The number of ether oxygens (including phenoxy) is 1. The smallest absolute Gasteiger partial charge is 0.693 e. The zero-order chi connectivity index (χ0) is 19.0. The van der Waals surface area contributed by atoms with Crippen molar-refractivity contribution >= 4 is 30.0 Å². The second-order valence-electron chi connectivity index (χ2n) is 4.54. The molecule has 8 N–H and O–H groups in total. The summed E-state index contributed by atoms with van der Waals surface area (Å²) in [5.41, 5.74) is 0.363. The third-order valence-corrected chi connectivity index (χ3v) is 3.27. The van der Waals surface area contributed by atoms with Crippen LogP contribution in [0.2, 0.25) is 0 Å². The summed E-state index contributed by atoms with van der Waals surface area (Å²) in [6, 6.07) is 1.34. The molecule has 0 amide bonds. The quantitative estimate of drug-likeness (QED) is 0.285. The molecule has 13 nitrogen and oxygen atoms in total. The van der Waals surface area contributed by atoms with Crippen LogP contribution in [0.15, 0.2) is 28.7 Å². The molecule has 27 heavy (non-hydrogen) atoms. The van der Waals surface area contributed by atoms with Crippen molar-refractivity contribution in [1.29, 1.82) is 0 Å². The number of nitrogens with one attached hydrogen (secondary N) is 1.